The SMILES string of the molecule is CC1(NC2CCCCC2C#N)CCCCC1. The molecule has 2 aliphatic rings. The van der Waals surface area contributed by atoms with Crippen LogP contribution < -0.4 is 5.32 Å². The van der Waals surface area contributed by atoms with Crippen LogP contribution in [0.5, 0.6) is 0 Å². The maximum Gasteiger partial charge on any atom is 0.0672 e. The molecule has 0 radical (unpaired) electrons. The lowest BCUT2D eigenvalue weighted by molar-refractivity contribution is 0.185. The molecule has 90 valence electrons. The summed E-state index contributed by atoms with van der Waals surface area (Å²) in [5.41, 5.74) is 0.315. The Morgan fingerprint density at radius 3 is 2.44 bits per heavy atom. The fourth-order valence-corrected chi connectivity index (χ4v) is 3.38. The van der Waals surface area contributed by atoms with Gasteiger partial charge in [-0.15, -0.1) is 0 Å². The van der Waals surface area contributed by atoms with Crippen LogP contribution in [0.3, 0.4) is 0 Å². The van der Waals surface area contributed by atoms with E-state index < -0.39 is 0 Å². The lowest BCUT2D eigenvalue weighted by atomic mass is 9.79. The van der Waals surface area contributed by atoms with Crippen LogP contribution in [0, 0.1) is 17.2 Å². The Hall–Kier alpha value is -0.550. The summed E-state index contributed by atoms with van der Waals surface area (Å²) in [6.07, 6.45) is 11.5. The Morgan fingerprint density at radius 2 is 1.75 bits per heavy atom. The Morgan fingerprint density at radius 1 is 1.06 bits per heavy atom. The number of nitrogens with zero attached hydrogens (tertiary/aromatic N) is 1. The molecule has 0 aromatic carbocycles. The molecule has 0 heterocycles. The number of nitrogens with one attached hydrogen (secondary N) is 1. The van der Waals surface area contributed by atoms with Crippen molar-refractivity contribution in [2.24, 2.45) is 5.92 Å². The minimum Gasteiger partial charge on any atom is -0.307 e. The summed E-state index contributed by atoms with van der Waals surface area (Å²) in [5.74, 6) is 0.257. The third-order valence-corrected chi connectivity index (χ3v) is 4.42. The van der Waals surface area contributed by atoms with Crippen molar-refractivity contribution in [1.82, 2.24) is 5.32 Å². The van der Waals surface area contributed by atoms with Gasteiger partial charge in [-0.2, -0.15) is 5.26 Å². The number of nitriles is 1. The van der Waals surface area contributed by atoms with Gasteiger partial charge in [0.25, 0.3) is 0 Å². The molecule has 0 spiro atoms. The molecule has 2 heteroatoms. The minimum absolute atomic E-state index is 0.257. The van der Waals surface area contributed by atoms with Gasteiger partial charge in [-0.1, -0.05) is 32.1 Å². The highest BCUT2D eigenvalue weighted by Gasteiger charge is 2.33. The second kappa shape index (κ2) is 5.19. The predicted octanol–water partition coefficient (Wildman–Crippen LogP) is 3.38. The molecule has 2 aliphatic carbocycles. The molecular weight excluding hydrogens is 196 g/mol. The summed E-state index contributed by atoms with van der Waals surface area (Å²) in [6.45, 7) is 2.36. The summed E-state index contributed by atoms with van der Waals surface area (Å²) in [7, 11) is 0. The molecule has 2 atom stereocenters. The van der Waals surface area contributed by atoms with Crippen LogP contribution in [-0.2, 0) is 0 Å². The molecule has 2 fully saturated rings. The van der Waals surface area contributed by atoms with Crippen molar-refractivity contribution >= 4 is 0 Å². The lowest BCUT2D eigenvalue weighted by Crippen LogP contribution is -2.52. The fraction of sp³-hybridized carbons (Fsp3) is 0.929. The first-order valence-electron chi connectivity index (χ1n) is 6.91. The molecule has 0 aliphatic heterocycles. The largest absolute Gasteiger partial charge is 0.307 e. The van der Waals surface area contributed by atoms with E-state index in [1.54, 1.807) is 0 Å². The predicted molar refractivity (Wildman–Crippen MR) is 66.0 cm³/mol. The lowest BCUT2D eigenvalue weighted by Gasteiger charge is -2.41. The van der Waals surface area contributed by atoms with E-state index in [0.717, 1.165) is 6.42 Å². The van der Waals surface area contributed by atoms with Gasteiger partial charge >= 0.3 is 0 Å². The smallest absolute Gasteiger partial charge is 0.0672 e. The second-order valence-corrected chi connectivity index (χ2v) is 5.89. The highest BCUT2D eigenvalue weighted by molar-refractivity contribution is 4.99. The van der Waals surface area contributed by atoms with Crippen molar-refractivity contribution in [3.8, 4) is 6.07 Å². The topological polar surface area (TPSA) is 35.8 Å². The Labute approximate surface area is 99.4 Å². The molecule has 0 saturated heterocycles. The maximum atomic E-state index is 9.18. The number of hydrogen-bond donors (Lipinski definition) is 1. The molecule has 0 aromatic rings. The van der Waals surface area contributed by atoms with Crippen LogP contribution in [-0.4, -0.2) is 11.6 Å². The van der Waals surface area contributed by atoms with E-state index in [9.17, 15) is 5.26 Å². The van der Waals surface area contributed by atoms with E-state index in [1.807, 2.05) is 0 Å². The van der Waals surface area contributed by atoms with Crippen LogP contribution in [0.1, 0.15) is 64.7 Å². The average molecular weight is 220 g/mol. The highest BCUT2D eigenvalue weighted by Crippen LogP contribution is 2.32. The fourth-order valence-electron chi connectivity index (χ4n) is 3.38. The van der Waals surface area contributed by atoms with Crippen molar-refractivity contribution in [3.63, 3.8) is 0 Å². The Balaban J connectivity index is 1.93. The van der Waals surface area contributed by atoms with E-state index in [-0.39, 0.29) is 5.92 Å². The molecule has 0 aromatic heterocycles. The second-order valence-electron chi connectivity index (χ2n) is 5.89. The van der Waals surface area contributed by atoms with Gasteiger partial charge in [0.15, 0.2) is 0 Å². The summed E-state index contributed by atoms with van der Waals surface area (Å²) in [6, 6.07) is 2.96. The van der Waals surface area contributed by atoms with Crippen LogP contribution in [0.15, 0.2) is 0 Å². The monoisotopic (exact) mass is 220 g/mol. The van der Waals surface area contributed by atoms with Gasteiger partial charge in [0.1, 0.15) is 0 Å². The van der Waals surface area contributed by atoms with E-state index >= 15 is 0 Å². The van der Waals surface area contributed by atoms with Gasteiger partial charge < -0.3 is 5.32 Å². The normalized spacial score (nSPS) is 34.2. The first-order chi connectivity index (χ1) is 7.73. The number of hydrogen-bond acceptors (Lipinski definition) is 2. The van der Waals surface area contributed by atoms with E-state index in [1.165, 1.54) is 51.4 Å². The first-order valence-corrected chi connectivity index (χ1v) is 6.91. The summed E-state index contributed by atoms with van der Waals surface area (Å²) < 4.78 is 0. The number of rotatable bonds is 2. The van der Waals surface area contributed by atoms with Crippen LogP contribution in [0.25, 0.3) is 0 Å². The zero-order valence-corrected chi connectivity index (χ0v) is 10.5. The summed E-state index contributed by atoms with van der Waals surface area (Å²) in [4.78, 5) is 0. The highest BCUT2D eigenvalue weighted by atomic mass is 15.0. The average Bonchev–Trinajstić information content (AvgIpc) is 2.30. The zero-order valence-electron chi connectivity index (χ0n) is 10.5. The van der Waals surface area contributed by atoms with Gasteiger partial charge in [0, 0.05) is 11.6 Å². The molecular formula is C14H24N2. The molecule has 2 saturated carbocycles. The van der Waals surface area contributed by atoms with Crippen molar-refractivity contribution in [2.45, 2.75) is 76.3 Å². The van der Waals surface area contributed by atoms with E-state index in [2.05, 4.69) is 18.3 Å². The quantitative estimate of drug-likeness (QED) is 0.774. The van der Waals surface area contributed by atoms with Gasteiger partial charge in [0.2, 0.25) is 0 Å². The third-order valence-electron chi connectivity index (χ3n) is 4.42. The van der Waals surface area contributed by atoms with Gasteiger partial charge in [0.05, 0.1) is 12.0 Å². The van der Waals surface area contributed by atoms with Crippen molar-refractivity contribution < 1.29 is 0 Å². The van der Waals surface area contributed by atoms with Gasteiger partial charge in [-0.3, -0.25) is 0 Å². The van der Waals surface area contributed by atoms with Gasteiger partial charge in [-0.25, -0.2) is 0 Å². The van der Waals surface area contributed by atoms with E-state index in [4.69, 9.17) is 0 Å². The molecule has 0 bridgehead atoms. The van der Waals surface area contributed by atoms with Crippen molar-refractivity contribution in [2.75, 3.05) is 0 Å². The molecule has 2 rings (SSSR count). The van der Waals surface area contributed by atoms with Crippen LogP contribution >= 0.6 is 0 Å². The first kappa shape index (κ1) is 11.9. The standard InChI is InChI=1S/C14H24N2/c1-14(9-5-2-6-10-14)16-13-8-4-3-7-12(13)11-15/h12-13,16H,2-10H2,1H3. The van der Waals surface area contributed by atoms with Crippen LogP contribution in [0.2, 0.25) is 0 Å². The molecule has 1 N–H and O–H groups in total. The van der Waals surface area contributed by atoms with Crippen molar-refractivity contribution in [3.05, 3.63) is 0 Å². The van der Waals surface area contributed by atoms with E-state index in [0.29, 0.717) is 11.6 Å². The summed E-state index contributed by atoms with van der Waals surface area (Å²) >= 11 is 0. The third kappa shape index (κ3) is 2.77. The molecule has 16 heavy (non-hydrogen) atoms. The van der Waals surface area contributed by atoms with Gasteiger partial charge in [-0.05, 0) is 32.6 Å². The molecule has 0 amide bonds. The zero-order chi connectivity index (χ0) is 11.4. The van der Waals surface area contributed by atoms with Crippen molar-refractivity contribution in [1.29, 1.82) is 5.26 Å². The molecule has 2 nitrogen and oxygen atoms in total. The molecule has 2 unspecified atom stereocenters. The maximum absolute atomic E-state index is 9.18. The summed E-state index contributed by atoms with van der Waals surface area (Å²) in [5, 5.41) is 13.0. The Bertz CT molecular complexity index is 260. The Kier molecular flexibility index (Phi) is 3.86. The minimum atomic E-state index is 0.257. The van der Waals surface area contributed by atoms with Crippen LogP contribution in [0.4, 0.5) is 0 Å².